The summed E-state index contributed by atoms with van der Waals surface area (Å²) in [5.74, 6) is -0.218. The summed E-state index contributed by atoms with van der Waals surface area (Å²) in [5, 5.41) is -0.456. The largest absolute Gasteiger partial charge is 0.456 e. The molecule has 0 saturated carbocycles. The van der Waals surface area contributed by atoms with Gasteiger partial charge in [-0.1, -0.05) is 45.4 Å². The lowest BCUT2D eigenvalue weighted by Gasteiger charge is -2.28. The lowest BCUT2D eigenvalue weighted by molar-refractivity contribution is -0.873. The van der Waals surface area contributed by atoms with Gasteiger partial charge >= 0.3 is 5.97 Å². The SMILES string of the molecule is CCCCCCCCCC(=O)OC(CC(=O)Cl)C[N+](C)(C)C. The number of hydrogen-bond donors (Lipinski definition) is 0. The molecule has 0 aliphatic carbocycles. The Kier molecular flexibility index (Phi) is 11.6. The second-order valence-electron chi connectivity index (χ2n) is 7.02. The van der Waals surface area contributed by atoms with E-state index in [0.29, 0.717) is 17.4 Å². The molecule has 0 amide bonds. The molecule has 130 valence electrons. The van der Waals surface area contributed by atoms with Crippen molar-refractivity contribution in [3.63, 3.8) is 0 Å². The number of halogens is 1. The second-order valence-corrected chi connectivity index (χ2v) is 7.44. The zero-order valence-corrected chi connectivity index (χ0v) is 15.5. The first-order valence-electron chi connectivity index (χ1n) is 8.43. The molecule has 22 heavy (non-hydrogen) atoms. The second kappa shape index (κ2) is 11.9. The van der Waals surface area contributed by atoms with E-state index < -0.39 is 11.3 Å². The molecule has 0 saturated heterocycles. The third-order valence-corrected chi connectivity index (χ3v) is 3.58. The molecule has 4 nitrogen and oxygen atoms in total. The quantitative estimate of drug-likeness (QED) is 0.222. The van der Waals surface area contributed by atoms with Crippen LogP contribution in [0.5, 0.6) is 0 Å². The molecular weight excluding hydrogens is 302 g/mol. The number of ether oxygens (including phenoxy) is 1. The van der Waals surface area contributed by atoms with Crippen LogP contribution >= 0.6 is 11.6 Å². The summed E-state index contributed by atoms with van der Waals surface area (Å²) in [6.07, 6.45) is 8.25. The lowest BCUT2D eigenvalue weighted by Crippen LogP contribution is -2.43. The highest BCUT2D eigenvalue weighted by Gasteiger charge is 2.24. The van der Waals surface area contributed by atoms with E-state index >= 15 is 0 Å². The molecule has 0 heterocycles. The Labute approximate surface area is 140 Å². The van der Waals surface area contributed by atoms with Crippen LogP contribution in [0.25, 0.3) is 0 Å². The fourth-order valence-electron chi connectivity index (χ4n) is 2.40. The first kappa shape index (κ1) is 21.4. The summed E-state index contributed by atoms with van der Waals surface area (Å²) < 4.78 is 6.05. The maximum atomic E-state index is 11.9. The van der Waals surface area contributed by atoms with Gasteiger partial charge in [-0.05, 0) is 18.0 Å². The number of hydrogen-bond acceptors (Lipinski definition) is 3. The molecule has 0 rings (SSSR count). The summed E-state index contributed by atoms with van der Waals surface area (Å²) in [6.45, 7) is 2.79. The van der Waals surface area contributed by atoms with Crippen molar-refractivity contribution in [2.45, 2.75) is 70.8 Å². The van der Waals surface area contributed by atoms with Gasteiger partial charge in [0.05, 0.1) is 27.6 Å². The van der Waals surface area contributed by atoms with E-state index in [4.69, 9.17) is 16.3 Å². The summed E-state index contributed by atoms with van der Waals surface area (Å²) in [5.41, 5.74) is 0. The fraction of sp³-hybridized carbons (Fsp3) is 0.882. The Morgan fingerprint density at radius 2 is 1.55 bits per heavy atom. The Hall–Kier alpha value is -0.610. The predicted octanol–water partition coefficient (Wildman–Crippen LogP) is 3.90. The Morgan fingerprint density at radius 3 is 2.05 bits per heavy atom. The standard InChI is InChI=1S/C17H33ClNO3/c1-5-6-7-8-9-10-11-12-17(21)22-15(13-16(18)20)14-19(2,3)4/h15H,5-14H2,1-4H3/q+1. The fourth-order valence-corrected chi connectivity index (χ4v) is 2.58. The Morgan fingerprint density at radius 1 is 1.00 bits per heavy atom. The van der Waals surface area contributed by atoms with Gasteiger partial charge in [0.1, 0.15) is 6.54 Å². The van der Waals surface area contributed by atoms with Gasteiger partial charge in [0.15, 0.2) is 6.10 Å². The van der Waals surface area contributed by atoms with Crippen molar-refractivity contribution in [3.05, 3.63) is 0 Å². The molecule has 1 atom stereocenters. The van der Waals surface area contributed by atoms with Gasteiger partial charge in [0, 0.05) is 6.42 Å². The van der Waals surface area contributed by atoms with Gasteiger partial charge in [-0.25, -0.2) is 0 Å². The highest BCUT2D eigenvalue weighted by molar-refractivity contribution is 6.63. The molecule has 0 aromatic heterocycles. The summed E-state index contributed by atoms with van der Waals surface area (Å²) >= 11 is 5.43. The first-order valence-corrected chi connectivity index (χ1v) is 8.80. The average Bonchev–Trinajstić information content (AvgIpc) is 2.34. The number of esters is 1. The molecule has 0 radical (unpaired) electrons. The Balaban J connectivity index is 3.94. The monoisotopic (exact) mass is 334 g/mol. The smallest absolute Gasteiger partial charge is 0.306 e. The van der Waals surface area contributed by atoms with Crippen molar-refractivity contribution in [2.24, 2.45) is 0 Å². The number of unbranched alkanes of at least 4 members (excludes halogenated alkanes) is 6. The third-order valence-electron chi connectivity index (χ3n) is 3.42. The molecular formula is C17H33ClNO3+. The summed E-state index contributed by atoms with van der Waals surface area (Å²) in [6, 6.07) is 0. The first-order chi connectivity index (χ1) is 10.2. The van der Waals surface area contributed by atoms with Crippen LogP contribution in [0.2, 0.25) is 0 Å². The maximum Gasteiger partial charge on any atom is 0.306 e. The molecule has 1 unspecified atom stereocenters. The number of rotatable bonds is 13. The zero-order chi connectivity index (χ0) is 17.0. The van der Waals surface area contributed by atoms with E-state index in [-0.39, 0.29) is 12.4 Å². The van der Waals surface area contributed by atoms with Gasteiger partial charge in [-0.15, -0.1) is 0 Å². The van der Waals surface area contributed by atoms with Gasteiger partial charge in [-0.3, -0.25) is 9.59 Å². The highest BCUT2D eigenvalue weighted by atomic mass is 35.5. The highest BCUT2D eigenvalue weighted by Crippen LogP contribution is 2.12. The molecule has 0 aromatic carbocycles. The van der Waals surface area contributed by atoms with Crippen LogP contribution in [0.4, 0.5) is 0 Å². The molecule has 0 aliphatic heterocycles. The Bertz CT molecular complexity index is 326. The molecule has 5 heteroatoms. The van der Waals surface area contributed by atoms with Crippen molar-refractivity contribution in [1.29, 1.82) is 0 Å². The van der Waals surface area contributed by atoms with Crippen molar-refractivity contribution >= 4 is 22.8 Å². The minimum Gasteiger partial charge on any atom is -0.456 e. The van der Waals surface area contributed by atoms with Gasteiger partial charge in [0.2, 0.25) is 5.24 Å². The van der Waals surface area contributed by atoms with E-state index in [2.05, 4.69) is 6.92 Å². The van der Waals surface area contributed by atoms with Crippen molar-refractivity contribution < 1.29 is 18.8 Å². The van der Waals surface area contributed by atoms with Gasteiger partial charge in [-0.2, -0.15) is 0 Å². The number of likely N-dealkylation sites (N-methyl/N-ethyl adjacent to an activating group) is 1. The van der Waals surface area contributed by atoms with Crippen molar-refractivity contribution in [1.82, 2.24) is 0 Å². The number of nitrogens with zero attached hydrogens (tertiary/aromatic N) is 1. The number of carbonyl (C=O) groups excluding carboxylic acids is 2. The van der Waals surface area contributed by atoms with Crippen LogP contribution in [-0.4, -0.2) is 49.5 Å². The normalized spacial score (nSPS) is 13.0. The minimum absolute atomic E-state index is 0.0832. The van der Waals surface area contributed by atoms with E-state index in [1.54, 1.807) is 0 Å². The minimum atomic E-state index is -0.456. The zero-order valence-electron chi connectivity index (χ0n) is 14.7. The number of quaternary nitrogens is 1. The molecule has 0 aromatic rings. The van der Waals surface area contributed by atoms with Crippen LogP contribution in [0.15, 0.2) is 0 Å². The van der Waals surface area contributed by atoms with Gasteiger partial charge < -0.3 is 9.22 Å². The van der Waals surface area contributed by atoms with E-state index in [9.17, 15) is 9.59 Å². The molecule has 0 spiro atoms. The summed E-state index contributed by atoms with van der Waals surface area (Å²) in [7, 11) is 5.99. The predicted molar refractivity (Wildman–Crippen MR) is 90.9 cm³/mol. The van der Waals surface area contributed by atoms with Crippen LogP contribution in [0.1, 0.15) is 64.7 Å². The molecule has 0 fully saturated rings. The van der Waals surface area contributed by atoms with E-state index in [1.165, 1.54) is 32.1 Å². The van der Waals surface area contributed by atoms with Crippen LogP contribution in [-0.2, 0) is 14.3 Å². The topological polar surface area (TPSA) is 43.4 Å². The van der Waals surface area contributed by atoms with Crippen LogP contribution in [0, 0.1) is 0 Å². The van der Waals surface area contributed by atoms with E-state index in [1.807, 2.05) is 21.1 Å². The van der Waals surface area contributed by atoms with Crippen LogP contribution < -0.4 is 0 Å². The maximum absolute atomic E-state index is 11.9. The summed E-state index contributed by atoms with van der Waals surface area (Å²) in [4.78, 5) is 22.9. The lowest BCUT2D eigenvalue weighted by atomic mass is 10.1. The molecule has 0 aliphatic rings. The molecule has 0 bridgehead atoms. The average molecular weight is 335 g/mol. The third kappa shape index (κ3) is 14.3. The van der Waals surface area contributed by atoms with Crippen molar-refractivity contribution in [2.75, 3.05) is 27.7 Å². The van der Waals surface area contributed by atoms with E-state index in [0.717, 1.165) is 12.8 Å². The molecule has 0 N–H and O–H groups in total. The van der Waals surface area contributed by atoms with Gasteiger partial charge in [0.25, 0.3) is 0 Å². The van der Waals surface area contributed by atoms with Crippen molar-refractivity contribution in [3.8, 4) is 0 Å². The van der Waals surface area contributed by atoms with Crippen LogP contribution in [0.3, 0.4) is 0 Å². The number of carbonyl (C=O) groups is 2.